The van der Waals surface area contributed by atoms with Crippen molar-refractivity contribution in [1.82, 2.24) is 4.90 Å². The number of ketones is 1. The number of fused-ring (bicyclic) bond motifs is 9. The Labute approximate surface area is 348 Å². The van der Waals surface area contributed by atoms with Crippen LogP contribution in [0.4, 0.5) is 13.6 Å². The number of aliphatic hydroxyl groups is 2. The first-order valence-electron chi connectivity index (χ1n) is 21.8. The Morgan fingerprint density at radius 3 is 2.49 bits per heavy atom. The molecule has 0 heterocycles. The zero-order valence-electron chi connectivity index (χ0n) is 35.4. The maximum absolute atomic E-state index is 14.8. The van der Waals surface area contributed by atoms with Gasteiger partial charge >= 0.3 is 6.09 Å². The van der Waals surface area contributed by atoms with Gasteiger partial charge in [-0.3, -0.25) is 4.79 Å². The van der Waals surface area contributed by atoms with Crippen molar-refractivity contribution in [3.63, 3.8) is 0 Å². The fraction of sp³-hybridized carbons (Fsp3) is 0.490. The monoisotopic (exact) mass is 805 g/mol. The van der Waals surface area contributed by atoms with E-state index in [9.17, 15) is 28.6 Å². The highest BCUT2D eigenvalue weighted by atomic mass is 19.2. The number of amides is 1. The Balaban J connectivity index is 1.31. The molecule has 4 aromatic carbocycles. The number of benzene rings is 4. The first-order chi connectivity index (χ1) is 28.2. The van der Waals surface area contributed by atoms with Gasteiger partial charge in [0.05, 0.1) is 18.2 Å². The van der Waals surface area contributed by atoms with Crippen LogP contribution in [0.25, 0.3) is 10.8 Å². The predicted molar refractivity (Wildman–Crippen MR) is 229 cm³/mol. The number of rotatable bonds is 8. The van der Waals surface area contributed by atoms with Crippen LogP contribution in [0, 0.1) is 34.8 Å². The highest BCUT2D eigenvalue weighted by Crippen LogP contribution is 2.59. The first-order valence-corrected chi connectivity index (χ1v) is 21.8. The third-order valence-corrected chi connectivity index (χ3v) is 14.3. The highest BCUT2D eigenvalue weighted by Gasteiger charge is 2.58. The van der Waals surface area contributed by atoms with Gasteiger partial charge in [-0.15, -0.1) is 0 Å². The minimum Gasteiger partial charge on any atom is -0.446 e. The molecule has 6 nitrogen and oxygen atoms in total. The zero-order valence-corrected chi connectivity index (χ0v) is 35.4. The third-order valence-electron chi connectivity index (χ3n) is 14.3. The second kappa shape index (κ2) is 17.7. The lowest BCUT2D eigenvalue weighted by Crippen LogP contribution is -2.54. The van der Waals surface area contributed by atoms with Gasteiger partial charge in [0.2, 0.25) is 0 Å². The van der Waals surface area contributed by atoms with Crippen molar-refractivity contribution in [3.05, 3.63) is 130 Å². The molecule has 0 spiro atoms. The Morgan fingerprint density at radius 1 is 0.932 bits per heavy atom. The number of halogens is 2. The summed E-state index contributed by atoms with van der Waals surface area (Å²) in [5, 5.41) is 26.4. The normalized spacial score (nSPS) is 27.6. The van der Waals surface area contributed by atoms with Crippen molar-refractivity contribution in [2.45, 2.75) is 129 Å². The number of hydrogen-bond donors (Lipinski definition) is 2. The van der Waals surface area contributed by atoms with E-state index < -0.39 is 40.6 Å². The zero-order chi connectivity index (χ0) is 42.1. The number of allylic oxidation sites excluding steroid dienone is 2. The summed E-state index contributed by atoms with van der Waals surface area (Å²) in [7, 11) is 0. The summed E-state index contributed by atoms with van der Waals surface area (Å²) < 4.78 is 35.2. The van der Waals surface area contributed by atoms with Gasteiger partial charge in [-0.05, 0) is 140 Å². The SMILES string of the molecule is CC1=CCCC2(C)C(CCC2(O)CN(Cc2cccc3ccccc23)C(=O)OC2CC(C)CCC2C(C)C)c2ccc(cc2C(=O)c2ccc(F)c(F)c2)CC(O)CC1. The second-order valence-corrected chi connectivity index (χ2v) is 18.6. The molecule has 0 saturated heterocycles. The van der Waals surface area contributed by atoms with Crippen LogP contribution < -0.4 is 0 Å². The molecule has 8 heteroatoms. The summed E-state index contributed by atoms with van der Waals surface area (Å²) in [5.41, 5.74) is 1.75. The van der Waals surface area contributed by atoms with E-state index in [0.29, 0.717) is 67.9 Å². The summed E-state index contributed by atoms with van der Waals surface area (Å²) in [6.07, 6.45) is 7.48. The van der Waals surface area contributed by atoms with Crippen LogP contribution in [0.3, 0.4) is 0 Å². The van der Waals surface area contributed by atoms with Crippen molar-refractivity contribution in [2.75, 3.05) is 6.54 Å². The molecular weight excluding hydrogens is 745 g/mol. The molecule has 1 amide bonds. The minimum atomic E-state index is -1.39. The van der Waals surface area contributed by atoms with E-state index in [1.54, 1.807) is 11.0 Å². The quantitative estimate of drug-likeness (QED) is 0.137. The first kappa shape index (κ1) is 42.7. The van der Waals surface area contributed by atoms with E-state index in [4.69, 9.17) is 4.74 Å². The number of carbonyl (C=O) groups excluding carboxylic acids is 2. The van der Waals surface area contributed by atoms with Gasteiger partial charge in [0, 0.05) is 23.1 Å². The summed E-state index contributed by atoms with van der Waals surface area (Å²) in [5.74, 6) is -1.87. The minimum absolute atomic E-state index is 0.0239. The number of aliphatic hydroxyl groups excluding tert-OH is 1. The van der Waals surface area contributed by atoms with Gasteiger partial charge in [-0.25, -0.2) is 13.6 Å². The Kier molecular flexibility index (Phi) is 12.8. The number of hydrogen-bond acceptors (Lipinski definition) is 5. The molecule has 4 aromatic rings. The van der Waals surface area contributed by atoms with E-state index in [2.05, 4.69) is 58.9 Å². The molecule has 4 aliphatic rings. The molecule has 2 bridgehead atoms. The second-order valence-electron chi connectivity index (χ2n) is 18.6. The summed E-state index contributed by atoms with van der Waals surface area (Å²) in [6.45, 7) is 11.0. The van der Waals surface area contributed by atoms with Crippen molar-refractivity contribution in [1.29, 1.82) is 0 Å². The molecule has 314 valence electrons. The lowest BCUT2D eigenvalue weighted by Gasteiger charge is -2.46. The molecule has 0 radical (unpaired) electrons. The van der Waals surface area contributed by atoms with Gasteiger partial charge in [-0.1, -0.05) is 100 Å². The summed E-state index contributed by atoms with van der Waals surface area (Å²) in [4.78, 5) is 30.9. The van der Waals surface area contributed by atoms with Gasteiger partial charge in [-0.2, -0.15) is 0 Å². The Hall–Kier alpha value is -4.40. The fourth-order valence-electron chi connectivity index (χ4n) is 10.6. The molecule has 7 unspecified atom stereocenters. The Morgan fingerprint density at radius 2 is 1.71 bits per heavy atom. The van der Waals surface area contributed by atoms with Crippen LogP contribution >= 0.6 is 0 Å². The van der Waals surface area contributed by atoms with Gasteiger partial charge in [0.15, 0.2) is 17.4 Å². The standard InChI is InChI=1S/C51H61F2NO5/c1-32(2)40-20-16-34(4)26-47(40)59-49(57)54(30-38-13-8-12-36-11-6-7-14-41(36)38)31-51(58)25-23-44-42-21-17-35(27-39(55)19-15-33(3)10-9-24-50(44,51)5)28-43(42)48(56)37-18-22-45(52)46(53)29-37/h6-8,10-14,17-18,21-22,28-29,32,34,39-40,44,47,55,58H,9,15-16,19-20,23-27,30-31H2,1-5H3. The maximum Gasteiger partial charge on any atom is 0.410 e. The molecule has 4 aliphatic carbocycles. The van der Waals surface area contributed by atoms with Crippen molar-refractivity contribution in [2.24, 2.45) is 23.2 Å². The lowest BCUT2D eigenvalue weighted by atomic mass is 9.64. The van der Waals surface area contributed by atoms with Crippen LogP contribution in [0.15, 0.2) is 90.5 Å². The van der Waals surface area contributed by atoms with Crippen molar-refractivity contribution >= 4 is 22.6 Å². The number of ether oxygens (including phenoxy) is 1. The smallest absolute Gasteiger partial charge is 0.410 e. The highest BCUT2D eigenvalue weighted by molar-refractivity contribution is 6.10. The molecular formula is C51H61F2NO5. The number of nitrogens with zero attached hydrogens (tertiary/aromatic N) is 1. The van der Waals surface area contributed by atoms with Crippen LogP contribution in [-0.4, -0.2) is 51.3 Å². The van der Waals surface area contributed by atoms with Gasteiger partial charge < -0.3 is 19.8 Å². The maximum atomic E-state index is 14.8. The van der Waals surface area contributed by atoms with Crippen LogP contribution in [0.5, 0.6) is 0 Å². The van der Waals surface area contributed by atoms with E-state index >= 15 is 0 Å². The third kappa shape index (κ3) is 9.05. The van der Waals surface area contributed by atoms with Gasteiger partial charge in [0.1, 0.15) is 6.10 Å². The van der Waals surface area contributed by atoms with Crippen LogP contribution in [-0.2, 0) is 17.7 Å². The van der Waals surface area contributed by atoms with E-state index in [1.807, 2.05) is 36.4 Å². The molecule has 2 N–H and O–H groups in total. The molecule has 0 aliphatic heterocycles. The Bertz CT molecular complexity index is 2190. The average Bonchev–Trinajstić information content (AvgIpc) is 3.45. The topological polar surface area (TPSA) is 87.1 Å². The molecule has 59 heavy (non-hydrogen) atoms. The summed E-state index contributed by atoms with van der Waals surface area (Å²) >= 11 is 0. The lowest BCUT2D eigenvalue weighted by molar-refractivity contribution is -0.0875. The van der Waals surface area contributed by atoms with E-state index in [-0.39, 0.29) is 36.6 Å². The molecule has 7 atom stereocenters. The van der Waals surface area contributed by atoms with E-state index in [0.717, 1.165) is 58.9 Å². The molecule has 8 rings (SSSR count). The average molecular weight is 806 g/mol. The fourth-order valence-corrected chi connectivity index (χ4v) is 10.6. The van der Waals surface area contributed by atoms with E-state index in [1.165, 1.54) is 6.07 Å². The summed E-state index contributed by atoms with van der Waals surface area (Å²) in [6, 6.07) is 23.1. The molecule has 0 aromatic heterocycles. The largest absolute Gasteiger partial charge is 0.446 e. The van der Waals surface area contributed by atoms with Crippen molar-refractivity contribution < 1.29 is 33.3 Å². The van der Waals surface area contributed by atoms with Gasteiger partial charge in [0.25, 0.3) is 0 Å². The van der Waals surface area contributed by atoms with Crippen LogP contribution in [0.2, 0.25) is 0 Å². The number of carbonyl (C=O) groups is 2. The van der Waals surface area contributed by atoms with Crippen LogP contribution in [0.1, 0.15) is 131 Å². The van der Waals surface area contributed by atoms with Crippen molar-refractivity contribution in [3.8, 4) is 0 Å². The predicted octanol–water partition coefficient (Wildman–Crippen LogP) is 11.5. The molecule has 2 saturated carbocycles. The molecule has 2 fully saturated rings.